The van der Waals surface area contributed by atoms with Gasteiger partial charge in [-0.15, -0.1) is 0 Å². The van der Waals surface area contributed by atoms with E-state index in [1.165, 1.54) is 6.07 Å². The Hall–Kier alpha value is -0.700. The van der Waals surface area contributed by atoms with E-state index in [1.807, 2.05) is 0 Å². The molecule has 1 fully saturated rings. The monoisotopic (exact) mass is 334 g/mol. The lowest BCUT2D eigenvalue weighted by atomic mass is 10.2. The highest BCUT2D eigenvalue weighted by atomic mass is 35.5. The van der Waals surface area contributed by atoms with Gasteiger partial charge in [0.1, 0.15) is 0 Å². The van der Waals surface area contributed by atoms with Crippen LogP contribution in [-0.4, -0.2) is 47.9 Å². The van der Waals surface area contributed by atoms with Crippen molar-refractivity contribution in [2.75, 3.05) is 33.4 Å². The lowest BCUT2D eigenvalue weighted by Crippen LogP contribution is -2.39. The Morgan fingerprint density at radius 2 is 2.19 bits per heavy atom. The third-order valence-electron chi connectivity index (χ3n) is 3.08. The van der Waals surface area contributed by atoms with Crippen LogP contribution in [0.4, 0.5) is 0 Å². The van der Waals surface area contributed by atoms with Crippen LogP contribution in [-0.2, 0) is 26.0 Å². The molecule has 2 rings (SSSR count). The number of sulfonamides is 1. The fourth-order valence-corrected chi connectivity index (χ4v) is 3.29. The minimum Gasteiger partial charge on any atom is -0.376 e. The van der Waals surface area contributed by atoms with Crippen LogP contribution >= 0.6 is 11.6 Å². The molecule has 1 aromatic carbocycles. The van der Waals surface area contributed by atoms with Crippen molar-refractivity contribution < 1.29 is 17.9 Å². The Bertz CT molecular complexity index is 574. The summed E-state index contributed by atoms with van der Waals surface area (Å²) in [7, 11) is -1.82. The van der Waals surface area contributed by atoms with E-state index in [0.717, 1.165) is 5.56 Å². The summed E-state index contributed by atoms with van der Waals surface area (Å²) < 4.78 is 37.7. The zero-order chi connectivity index (χ0) is 15.3. The zero-order valence-electron chi connectivity index (χ0n) is 11.8. The van der Waals surface area contributed by atoms with E-state index in [2.05, 4.69) is 10.0 Å². The molecule has 0 spiro atoms. The second-order valence-electron chi connectivity index (χ2n) is 4.70. The van der Waals surface area contributed by atoms with E-state index in [9.17, 15) is 8.42 Å². The Labute approximate surface area is 129 Å². The van der Waals surface area contributed by atoms with E-state index >= 15 is 0 Å². The van der Waals surface area contributed by atoms with Gasteiger partial charge in [-0.05, 0) is 30.8 Å². The molecule has 0 bridgehead atoms. The summed E-state index contributed by atoms with van der Waals surface area (Å²) >= 11 is 6.03. The lowest BCUT2D eigenvalue weighted by Gasteiger charge is -2.23. The molecule has 118 valence electrons. The third kappa shape index (κ3) is 4.64. The van der Waals surface area contributed by atoms with E-state index < -0.39 is 10.0 Å². The molecule has 2 N–H and O–H groups in total. The fraction of sp³-hybridized carbons (Fsp3) is 0.538. The second kappa shape index (κ2) is 7.53. The largest absolute Gasteiger partial charge is 0.376 e. The van der Waals surface area contributed by atoms with Crippen molar-refractivity contribution in [3.8, 4) is 0 Å². The standard InChI is InChI=1S/C13H19ClN2O4S/c1-15-7-10-6-12(2-3-13(10)14)21(17,18)16-8-11-9-19-4-5-20-11/h2-3,6,11,15-16H,4-5,7-9H2,1H3. The average Bonchev–Trinajstić information content (AvgIpc) is 2.49. The van der Waals surface area contributed by atoms with Crippen molar-refractivity contribution in [3.05, 3.63) is 28.8 Å². The molecule has 0 aromatic heterocycles. The molecule has 0 radical (unpaired) electrons. The first-order chi connectivity index (χ1) is 10.0. The first-order valence-electron chi connectivity index (χ1n) is 6.65. The van der Waals surface area contributed by atoms with E-state index in [1.54, 1.807) is 19.2 Å². The van der Waals surface area contributed by atoms with Gasteiger partial charge in [0.05, 0.1) is 30.8 Å². The molecule has 1 aliphatic heterocycles. The Morgan fingerprint density at radius 1 is 1.38 bits per heavy atom. The van der Waals surface area contributed by atoms with Gasteiger partial charge in [0, 0.05) is 18.1 Å². The first kappa shape index (κ1) is 16.7. The number of halogens is 1. The van der Waals surface area contributed by atoms with Gasteiger partial charge in [0.25, 0.3) is 0 Å². The molecule has 21 heavy (non-hydrogen) atoms. The quantitative estimate of drug-likeness (QED) is 0.803. The number of hydrogen-bond donors (Lipinski definition) is 2. The summed E-state index contributed by atoms with van der Waals surface area (Å²) in [6, 6.07) is 4.64. The molecule has 6 nitrogen and oxygen atoms in total. The summed E-state index contributed by atoms with van der Waals surface area (Å²) in [4.78, 5) is 0.189. The number of nitrogens with one attached hydrogen (secondary N) is 2. The molecule has 1 heterocycles. The van der Waals surface area contributed by atoms with Crippen molar-refractivity contribution >= 4 is 21.6 Å². The normalized spacial score (nSPS) is 19.6. The van der Waals surface area contributed by atoms with Crippen LogP contribution in [0.2, 0.25) is 5.02 Å². The number of rotatable bonds is 6. The van der Waals surface area contributed by atoms with Crippen molar-refractivity contribution in [1.29, 1.82) is 0 Å². The Kier molecular flexibility index (Phi) is 5.98. The molecule has 8 heteroatoms. The maximum Gasteiger partial charge on any atom is 0.240 e. The summed E-state index contributed by atoms with van der Waals surface area (Å²) in [5.41, 5.74) is 0.735. The number of ether oxygens (including phenoxy) is 2. The van der Waals surface area contributed by atoms with E-state index in [4.69, 9.17) is 21.1 Å². The molecule has 1 unspecified atom stereocenters. The van der Waals surface area contributed by atoms with Crippen molar-refractivity contribution in [2.45, 2.75) is 17.5 Å². The van der Waals surface area contributed by atoms with Gasteiger partial charge in [-0.2, -0.15) is 0 Å². The molecule has 1 saturated heterocycles. The van der Waals surface area contributed by atoms with Crippen molar-refractivity contribution in [1.82, 2.24) is 10.0 Å². The van der Waals surface area contributed by atoms with Crippen LogP contribution in [0.3, 0.4) is 0 Å². The van der Waals surface area contributed by atoms with Crippen LogP contribution in [0.1, 0.15) is 5.56 Å². The summed E-state index contributed by atoms with van der Waals surface area (Å²) in [5, 5.41) is 3.49. The predicted octanol–water partition coefficient (Wildman–Crippen LogP) is 0.753. The SMILES string of the molecule is CNCc1cc(S(=O)(=O)NCC2COCCO2)ccc1Cl. The highest BCUT2D eigenvalue weighted by Gasteiger charge is 2.20. The fourth-order valence-electron chi connectivity index (χ4n) is 1.98. The lowest BCUT2D eigenvalue weighted by molar-refractivity contribution is -0.0846. The van der Waals surface area contributed by atoms with Gasteiger partial charge < -0.3 is 14.8 Å². The highest BCUT2D eigenvalue weighted by Crippen LogP contribution is 2.20. The molecular weight excluding hydrogens is 316 g/mol. The molecule has 1 aliphatic rings. The average molecular weight is 335 g/mol. The molecule has 0 amide bonds. The van der Waals surface area contributed by atoms with Gasteiger partial charge in [-0.3, -0.25) is 0 Å². The van der Waals surface area contributed by atoms with Crippen molar-refractivity contribution in [3.63, 3.8) is 0 Å². The predicted molar refractivity (Wildman–Crippen MR) is 80.0 cm³/mol. The second-order valence-corrected chi connectivity index (χ2v) is 6.88. The molecule has 1 aromatic rings. The number of benzene rings is 1. The summed E-state index contributed by atoms with van der Waals surface area (Å²) in [6.45, 7) is 2.12. The first-order valence-corrected chi connectivity index (χ1v) is 8.51. The molecule has 1 atom stereocenters. The van der Waals surface area contributed by atoms with Crippen LogP contribution in [0.15, 0.2) is 23.1 Å². The van der Waals surface area contributed by atoms with Crippen LogP contribution in [0.5, 0.6) is 0 Å². The third-order valence-corrected chi connectivity index (χ3v) is 4.87. The maximum atomic E-state index is 12.3. The van der Waals surface area contributed by atoms with Gasteiger partial charge in [-0.25, -0.2) is 13.1 Å². The van der Waals surface area contributed by atoms with Gasteiger partial charge in [-0.1, -0.05) is 11.6 Å². The molecule has 0 saturated carbocycles. The van der Waals surface area contributed by atoms with Gasteiger partial charge in [0.15, 0.2) is 0 Å². The topological polar surface area (TPSA) is 76.7 Å². The van der Waals surface area contributed by atoms with Crippen molar-refractivity contribution in [2.24, 2.45) is 0 Å². The summed E-state index contributed by atoms with van der Waals surface area (Å²) in [5.74, 6) is 0. The smallest absolute Gasteiger partial charge is 0.240 e. The Balaban J connectivity index is 2.06. The Morgan fingerprint density at radius 3 is 2.86 bits per heavy atom. The zero-order valence-corrected chi connectivity index (χ0v) is 13.3. The highest BCUT2D eigenvalue weighted by molar-refractivity contribution is 7.89. The van der Waals surface area contributed by atoms with Gasteiger partial charge in [0.2, 0.25) is 10.0 Å². The van der Waals surface area contributed by atoms with Crippen LogP contribution < -0.4 is 10.0 Å². The van der Waals surface area contributed by atoms with Gasteiger partial charge >= 0.3 is 0 Å². The van der Waals surface area contributed by atoms with Crippen LogP contribution in [0, 0.1) is 0 Å². The number of hydrogen-bond acceptors (Lipinski definition) is 5. The summed E-state index contributed by atoms with van der Waals surface area (Å²) in [6.07, 6.45) is -0.252. The van der Waals surface area contributed by atoms with Crippen LogP contribution in [0.25, 0.3) is 0 Å². The van der Waals surface area contributed by atoms with E-state index in [-0.39, 0.29) is 17.5 Å². The van der Waals surface area contributed by atoms with E-state index in [0.29, 0.717) is 31.4 Å². The molecular formula is C13H19ClN2O4S. The minimum absolute atomic E-state index is 0.187. The molecule has 0 aliphatic carbocycles. The maximum absolute atomic E-state index is 12.3. The minimum atomic E-state index is -3.59.